The van der Waals surface area contributed by atoms with Crippen molar-refractivity contribution in [1.82, 2.24) is 0 Å². The second-order valence-corrected chi connectivity index (χ2v) is 13.2. The molecule has 0 radical (unpaired) electrons. The Morgan fingerprint density at radius 1 is 0.444 bits per heavy atom. The summed E-state index contributed by atoms with van der Waals surface area (Å²) >= 11 is 0. The Morgan fingerprint density at radius 3 is 1.06 bits per heavy atom. The predicted molar refractivity (Wildman–Crippen MR) is 165 cm³/mol. The summed E-state index contributed by atoms with van der Waals surface area (Å²) in [7, 11) is -0.334. The number of rotatable bonds is 32. The maximum Gasteiger partial charge on any atom is 0.134 e. The summed E-state index contributed by atoms with van der Waals surface area (Å²) in [5.74, 6) is 0.122. The highest BCUT2D eigenvalue weighted by Crippen LogP contribution is 2.14. The van der Waals surface area contributed by atoms with Crippen LogP contribution in [0.15, 0.2) is 0 Å². The fraction of sp³-hybridized carbons (Fsp3) is 1.00. The Kier molecular flexibility index (Phi) is 33.2. The molecule has 3 nitrogen and oxygen atoms in total. The van der Waals surface area contributed by atoms with Gasteiger partial charge in [-0.3, -0.25) is 0 Å². The first-order chi connectivity index (χ1) is 17.8. The van der Waals surface area contributed by atoms with E-state index in [0.717, 1.165) is 26.2 Å². The van der Waals surface area contributed by atoms with Crippen molar-refractivity contribution in [3.63, 3.8) is 0 Å². The van der Waals surface area contributed by atoms with Crippen LogP contribution in [0.25, 0.3) is 0 Å². The van der Waals surface area contributed by atoms with Crippen LogP contribution < -0.4 is 5.73 Å². The van der Waals surface area contributed by atoms with E-state index in [9.17, 15) is 0 Å². The fourth-order valence-corrected chi connectivity index (χ4v) is 6.56. The number of nitrogens with two attached hydrogens (primary N) is 1. The van der Waals surface area contributed by atoms with Crippen LogP contribution in [0, 0.1) is 0 Å². The zero-order valence-electron chi connectivity index (χ0n) is 25.2. The fourth-order valence-electron chi connectivity index (χ4n) is 4.99. The Labute approximate surface area is 230 Å². The highest BCUT2D eigenvalue weighted by molar-refractivity contribution is 6.36. The lowest BCUT2D eigenvalue weighted by molar-refractivity contribution is -0.0925. The van der Waals surface area contributed by atoms with E-state index in [0.29, 0.717) is 0 Å². The molecule has 218 valence electrons. The van der Waals surface area contributed by atoms with E-state index in [4.69, 9.17) is 15.2 Å². The van der Waals surface area contributed by atoms with Crippen molar-refractivity contribution in [3.05, 3.63) is 0 Å². The molecule has 0 spiro atoms. The van der Waals surface area contributed by atoms with Gasteiger partial charge in [0.05, 0.1) is 9.52 Å². The zero-order chi connectivity index (χ0) is 26.2. The van der Waals surface area contributed by atoms with Gasteiger partial charge in [0.1, 0.15) is 5.91 Å². The smallest absolute Gasteiger partial charge is 0.134 e. The monoisotopic (exact) mass is 528 g/mol. The predicted octanol–water partition coefficient (Wildman–Crippen LogP) is 9.64. The van der Waals surface area contributed by atoms with Gasteiger partial charge in [-0.2, -0.15) is 0 Å². The molecule has 0 heterocycles. The molecule has 36 heavy (non-hydrogen) atoms. The molecule has 0 aromatic rings. The van der Waals surface area contributed by atoms with Gasteiger partial charge in [-0.1, -0.05) is 161 Å². The minimum atomic E-state index is -0.334. The first kappa shape index (κ1) is 36.1. The SMILES string of the molecule is CCCCCCCCCCCCCCOC(OCCCCCCCCCCCCCC)[SiH2]CCCN. The molecule has 0 bridgehead atoms. The normalized spacial score (nSPS) is 12.0. The summed E-state index contributed by atoms with van der Waals surface area (Å²) in [6.45, 7) is 7.16. The summed E-state index contributed by atoms with van der Waals surface area (Å²) in [6.07, 6.45) is 34.5. The molecule has 0 amide bonds. The highest BCUT2D eigenvalue weighted by atomic mass is 28.2. The summed E-state index contributed by atoms with van der Waals surface area (Å²) in [6, 6.07) is 1.25. The van der Waals surface area contributed by atoms with Gasteiger partial charge in [-0.05, 0) is 25.8 Å². The second kappa shape index (κ2) is 33.1. The molecule has 0 aromatic carbocycles. The van der Waals surface area contributed by atoms with E-state index in [1.807, 2.05) is 0 Å². The Balaban J connectivity index is 3.56. The third-order valence-corrected chi connectivity index (χ3v) is 9.35. The first-order valence-electron chi connectivity index (χ1n) is 16.8. The third-order valence-electron chi connectivity index (χ3n) is 7.50. The number of ether oxygens (including phenoxy) is 2. The molecule has 4 heteroatoms. The molecule has 0 fully saturated rings. The molecule has 2 N–H and O–H groups in total. The average molecular weight is 528 g/mol. The number of unbranched alkanes of at least 4 members (excludes halogenated alkanes) is 22. The standard InChI is InChI=1S/C32H69NO2Si/c1-3-5-7-9-11-13-15-17-19-21-23-25-29-34-32(36-31-27-28-33)35-30-26-24-22-20-18-16-14-12-10-8-6-4-2/h32H,3-31,33,36H2,1-2H3. The van der Waals surface area contributed by atoms with Crippen LogP contribution in [0.1, 0.15) is 174 Å². The molecule has 0 aliphatic rings. The van der Waals surface area contributed by atoms with Crippen molar-refractivity contribution in [2.45, 2.75) is 186 Å². The van der Waals surface area contributed by atoms with Crippen molar-refractivity contribution in [2.75, 3.05) is 19.8 Å². The summed E-state index contributed by atoms with van der Waals surface area (Å²) < 4.78 is 12.4. The van der Waals surface area contributed by atoms with E-state index in [1.54, 1.807) is 0 Å². The van der Waals surface area contributed by atoms with Crippen molar-refractivity contribution in [1.29, 1.82) is 0 Å². The number of hydrogen-bond acceptors (Lipinski definition) is 3. The third kappa shape index (κ3) is 30.3. The second-order valence-electron chi connectivity index (χ2n) is 11.2. The Hall–Kier alpha value is 0.0969. The first-order valence-corrected chi connectivity index (χ1v) is 18.6. The van der Waals surface area contributed by atoms with Gasteiger partial charge in [0.15, 0.2) is 0 Å². The molecule has 0 saturated heterocycles. The van der Waals surface area contributed by atoms with E-state index < -0.39 is 0 Å². The van der Waals surface area contributed by atoms with Crippen LogP contribution in [-0.2, 0) is 9.47 Å². The molecule has 0 unspecified atom stereocenters. The quantitative estimate of drug-likeness (QED) is 0.0538. The minimum Gasteiger partial charge on any atom is -0.357 e. The van der Waals surface area contributed by atoms with Gasteiger partial charge in [-0.15, -0.1) is 0 Å². The van der Waals surface area contributed by atoms with Gasteiger partial charge >= 0.3 is 0 Å². The molecule has 0 aromatic heterocycles. The van der Waals surface area contributed by atoms with Crippen LogP contribution >= 0.6 is 0 Å². The maximum absolute atomic E-state index is 6.19. The van der Waals surface area contributed by atoms with Crippen molar-refractivity contribution in [2.24, 2.45) is 5.73 Å². The van der Waals surface area contributed by atoms with Crippen LogP contribution in [0.5, 0.6) is 0 Å². The molecule has 0 aliphatic heterocycles. The van der Waals surface area contributed by atoms with E-state index in [2.05, 4.69) is 13.8 Å². The van der Waals surface area contributed by atoms with E-state index in [1.165, 1.54) is 160 Å². The van der Waals surface area contributed by atoms with Crippen LogP contribution in [0.2, 0.25) is 6.04 Å². The Bertz CT molecular complexity index is 353. The van der Waals surface area contributed by atoms with Gasteiger partial charge < -0.3 is 15.2 Å². The lowest BCUT2D eigenvalue weighted by Crippen LogP contribution is -2.26. The van der Waals surface area contributed by atoms with Crippen molar-refractivity contribution >= 4 is 9.52 Å². The molecule has 0 rings (SSSR count). The lowest BCUT2D eigenvalue weighted by atomic mass is 10.1. The van der Waals surface area contributed by atoms with Gasteiger partial charge in [0, 0.05) is 13.2 Å². The number of hydrogen-bond donors (Lipinski definition) is 1. The largest absolute Gasteiger partial charge is 0.357 e. The van der Waals surface area contributed by atoms with E-state index in [-0.39, 0.29) is 15.4 Å². The topological polar surface area (TPSA) is 44.5 Å². The maximum atomic E-state index is 6.19. The van der Waals surface area contributed by atoms with Crippen molar-refractivity contribution < 1.29 is 9.47 Å². The summed E-state index contributed by atoms with van der Waals surface area (Å²) in [5, 5.41) is 0. The van der Waals surface area contributed by atoms with Gasteiger partial charge in [0.25, 0.3) is 0 Å². The van der Waals surface area contributed by atoms with Crippen molar-refractivity contribution in [3.8, 4) is 0 Å². The summed E-state index contributed by atoms with van der Waals surface area (Å²) in [4.78, 5) is 0. The zero-order valence-corrected chi connectivity index (χ0v) is 26.6. The minimum absolute atomic E-state index is 0.122. The molecule has 0 saturated carbocycles. The average Bonchev–Trinajstić information content (AvgIpc) is 2.89. The summed E-state index contributed by atoms with van der Waals surface area (Å²) in [5.41, 5.74) is 5.71. The van der Waals surface area contributed by atoms with Crippen LogP contribution in [0.4, 0.5) is 0 Å². The Morgan fingerprint density at radius 2 is 0.750 bits per heavy atom. The van der Waals surface area contributed by atoms with Crippen LogP contribution in [0.3, 0.4) is 0 Å². The molecule has 0 atom stereocenters. The lowest BCUT2D eigenvalue weighted by Gasteiger charge is -2.18. The van der Waals surface area contributed by atoms with Gasteiger partial charge in [-0.25, -0.2) is 0 Å². The van der Waals surface area contributed by atoms with Gasteiger partial charge in [0.2, 0.25) is 0 Å². The molecular weight excluding hydrogens is 458 g/mol. The molecule has 0 aliphatic carbocycles. The van der Waals surface area contributed by atoms with E-state index >= 15 is 0 Å². The van der Waals surface area contributed by atoms with Crippen LogP contribution in [-0.4, -0.2) is 35.2 Å². The highest BCUT2D eigenvalue weighted by Gasteiger charge is 2.09. The molecular formula is C32H69NO2Si.